The third kappa shape index (κ3) is 3.50. The van der Waals surface area contributed by atoms with Crippen molar-refractivity contribution in [1.29, 1.82) is 0 Å². The molecule has 0 fully saturated rings. The molecule has 0 atom stereocenters. The van der Waals surface area contributed by atoms with Crippen LogP contribution in [0.3, 0.4) is 0 Å². The van der Waals surface area contributed by atoms with Crippen LogP contribution in [0, 0.1) is 6.92 Å². The summed E-state index contributed by atoms with van der Waals surface area (Å²) in [5, 5.41) is 0. The molecular formula is C11H10Br2N2OS. The number of thiazole rings is 1. The number of hydrogen-bond donors (Lipinski definition) is 0. The van der Waals surface area contributed by atoms with Crippen molar-refractivity contribution in [3.63, 3.8) is 0 Å². The Labute approximate surface area is 121 Å². The largest absolute Gasteiger partial charge is 0.476 e. The highest BCUT2D eigenvalue weighted by atomic mass is 79.9. The maximum Gasteiger partial charge on any atom is 0.228 e. The lowest BCUT2D eigenvalue weighted by Crippen LogP contribution is -2.03. The predicted molar refractivity (Wildman–Crippen MR) is 75.7 cm³/mol. The van der Waals surface area contributed by atoms with E-state index in [4.69, 9.17) is 4.74 Å². The molecular weight excluding hydrogens is 368 g/mol. The highest BCUT2D eigenvalue weighted by Crippen LogP contribution is 2.25. The van der Waals surface area contributed by atoms with E-state index in [0.717, 1.165) is 21.1 Å². The molecule has 0 aliphatic rings. The molecule has 0 aliphatic carbocycles. The van der Waals surface area contributed by atoms with Crippen LogP contribution >= 0.6 is 43.2 Å². The second-order valence-electron chi connectivity index (χ2n) is 3.40. The van der Waals surface area contributed by atoms with Gasteiger partial charge in [-0.3, -0.25) is 0 Å². The fraction of sp³-hybridized carbons (Fsp3) is 0.273. The first kappa shape index (κ1) is 13.0. The lowest BCUT2D eigenvalue weighted by atomic mass is 10.3. The Morgan fingerprint density at radius 2 is 2.18 bits per heavy atom. The standard InChI is InChI=1S/C11H10Br2N2OS/c1-7-10(17-6-15-7)2-3-16-11-9(13)4-8(12)5-14-11/h4-6H,2-3H2,1H3. The van der Waals surface area contributed by atoms with Crippen LogP contribution in [0.5, 0.6) is 5.88 Å². The third-order valence-corrected chi connectivity index (χ3v) is 4.18. The van der Waals surface area contributed by atoms with E-state index in [1.807, 2.05) is 18.5 Å². The number of aryl methyl sites for hydroxylation is 1. The molecule has 2 aromatic heterocycles. The van der Waals surface area contributed by atoms with Gasteiger partial charge in [0.15, 0.2) is 0 Å². The van der Waals surface area contributed by atoms with Gasteiger partial charge in [0.2, 0.25) is 5.88 Å². The van der Waals surface area contributed by atoms with E-state index in [1.165, 1.54) is 4.88 Å². The molecule has 3 nitrogen and oxygen atoms in total. The Morgan fingerprint density at radius 1 is 1.35 bits per heavy atom. The Morgan fingerprint density at radius 3 is 2.82 bits per heavy atom. The molecule has 0 saturated carbocycles. The minimum atomic E-state index is 0.607. The van der Waals surface area contributed by atoms with Crippen LogP contribution in [0.25, 0.3) is 0 Å². The van der Waals surface area contributed by atoms with Gasteiger partial charge in [0, 0.05) is 22.0 Å². The van der Waals surface area contributed by atoms with E-state index in [0.29, 0.717) is 12.5 Å². The summed E-state index contributed by atoms with van der Waals surface area (Å²) < 4.78 is 7.40. The minimum Gasteiger partial charge on any atom is -0.476 e. The van der Waals surface area contributed by atoms with Gasteiger partial charge in [0.25, 0.3) is 0 Å². The zero-order chi connectivity index (χ0) is 12.3. The zero-order valence-electron chi connectivity index (χ0n) is 9.11. The number of halogens is 2. The Hall–Kier alpha value is -0.460. The van der Waals surface area contributed by atoms with Gasteiger partial charge in [-0.15, -0.1) is 11.3 Å². The van der Waals surface area contributed by atoms with Gasteiger partial charge in [0.1, 0.15) is 0 Å². The number of nitrogens with zero attached hydrogens (tertiary/aromatic N) is 2. The first-order valence-corrected chi connectivity index (χ1v) is 7.46. The van der Waals surface area contributed by atoms with Crippen LogP contribution in [0.15, 0.2) is 26.7 Å². The molecule has 0 aromatic carbocycles. The molecule has 0 N–H and O–H groups in total. The maximum atomic E-state index is 5.62. The quantitative estimate of drug-likeness (QED) is 0.807. The normalized spacial score (nSPS) is 10.5. The van der Waals surface area contributed by atoms with Gasteiger partial charge in [-0.05, 0) is 44.8 Å². The third-order valence-electron chi connectivity index (χ3n) is 2.19. The van der Waals surface area contributed by atoms with Crippen LogP contribution in [-0.4, -0.2) is 16.6 Å². The SMILES string of the molecule is Cc1ncsc1CCOc1ncc(Br)cc1Br. The molecule has 2 rings (SSSR count). The molecule has 0 spiro atoms. The predicted octanol–water partition coefficient (Wildman–Crippen LogP) is 3.99. The highest BCUT2D eigenvalue weighted by Gasteiger charge is 2.05. The molecule has 2 heterocycles. The van der Waals surface area contributed by atoms with Gasteiger partial charge < -0.3 is 4.74 Å². The lowest BCUT2D eigenvalue weighted by Gasteiger charge is -2.06. The van der Waals surface area contributed by atoms with Crippen molar-refractivity contribution in [2.45, 2.75) is 13.3 Å². The van der Waals surface area contributed by atoms with Crippen molar-refractivity contribution in [2.24, 2.45) is 0 Å². The Kier molecular flexibility index (Phi) is 4.53. The molecule has 2 aromatic rings. The summed E-state index contributed by atoms with van der Waals surface area (Å²) in [7, 11) is 0. The van der Waals surface area contributed by atoms with Gasteiger partial charge in [-0.1, -0.05) is 0 Å². The number of hydrogen-bond acceptors (Lipinski definition) is 4. The van der Waals surface area contributed by atoms with Gasteiger partial charge in [-0.25, -0.2) is 9.97 Å². The van der Waals surface area contributed by atoms with Crippen molar-refractivity contribution in [3.8, 4) is 5.88 Å². The minimum absolute atomic E-state index is 0.607. The summed E-state index contributed by atoms with van der Waals surface area (Å²) >= 11 is 8.42. The number of pyridine rings is 1. The zero-order valence-corrected chi connectivity index (χ0v) is 13.1. The molecule has 0 radical (unpaired) electrons. The second kappa shape index (κ2) is 5.93. The van der Waals surface area contributed by atoms with E-state index in [-0.39, 0.29) is 0 Å². The van der Waals surface area contributed by atoms with Crippen LogP contribution in [0.2, 0.25) is 0 Å². The summed E-state index contributed by atoms with van der Waals surface area (Å²) in [5.74, 6) is 0.621. The van der Waals surface area contributed by atoms with Gasteiger partial charge in [0.05, 0.1) is 22.3 Å². The van der Waals surface area contributed by atoms with Crippen molar-refractivity contribution < 1.29 is 4.74 Å². The summed E-state index contributed by atoms with van der Waals surface area (Å²) in [4.78, 5) is 9.66. The number of aromatic nitrogens is 2. The van der Waals surface area contributed by atoms with Crippen LogP contribution in [0.1, 0.15) is 10.6 Å². The molecule has 0 bridgehead atoms. The van der Waals surface area contributed by atoms with Crippen molar-refractivity contribution in [3.05, 3.63) is 37.3 Å². The number of rotatable bonds is 4. The van der Waals surface area contributed by atoms with Gasteiger partial charge >= 0.3 is 0 Å². The Balaban J connectivity index is 1.92. The topological polar surface area (TPSA) is 35.0 Å². The molecule has 0 amide bonds. The lowest BCUT2D eigenvalue weighted by molar-refractivity contribution is 0.308. The molecule has 0 unspecified atom stereocenters. The molecule has 6 heteroatoms. The average Bonchev–Trinajstić information content (AvgIpc) is 2.68. The van der Waals surface area contributed by atoms with E-state index in [9.17, 15) is 0 Å². The summed E-state index contributed by atoms with van der Waals surface area (Å²) in [5.41, 5.74) is 2.94. The van der Waals surface area contributed by atoms with E-state index in [2.05, 4.69) is 41.8 Å². The first-order chi connectivity index (χ1) is 8.16. The molecule has 17 heavy (non-hydrogen) atoms. The fourth-order valence-electron chi connectivity index (χ4n) is 1.31. The van der Waals surface area contributed by atoms with Crippen LogP contribution in [0.4, 0.5) is 0 Å². The van der Waals surface area contributed by atoms with Gasteiger partial charge in [-0.2, -0.15) is 0 Å². The molecule has 90 valence electrons. The highest BCUT2D eigenvalue weighted by molar-refractivity contribution is 9.11. The van der Waals surface area contributed by atoms with Crippen LogP contribution in [-0.2, 0) is 6.42 Å². The second-order valence-corrected chi connectivity index (χ2v) is 6.11. The molecule has 0 aliphatic heterocycles. The first-order valence-electron chi connectivity index (χ1n) is 4.99. The maximum absolute atomic E-state index is 5.62. The number of ether oxygens (including phenoxy) is 1. The van der Waals surface area contributed by atoms with Crippen LogP contribution < -0.4 is 4.74 Å². The van der Waals surface area contributed by atoms with E-state index in [1.54, 1.807) is 17.5 Å². The average molecular weight is 378 g/mol. The summed E-state index contributed by atoms with van der Waals surface area (Å²) in [6, 6.07) is 1.92. The van der Waals surface area contributed by atoms with E-state index < -0.39 is 0 Å². The monoisotopic (exact) mass is 376 g/mol. The van der Waals surface area contributed by atoms with Crippen molar-refractivity contribution in [2.75, 3.05) is 6.61 Å². The summed E-state index contributed by atoms with van der Waals surface area (Å²) in [6.45, 7) is 2.62. The summed E-state index contributed by atoms with van der Waals surface area (Å²) in [6.07, 6.45) is 2.58. The Bertz CT molecular complexity index is 516. The smallest absolute Gasteiger partial charge is 0.228 e. The fourth-order valence-corrected chi connectivity index (χ4v) is 3.18. The van der Waals surface area contributed by atoms with Crippen molar-refractivity contribution >= 4 is 43.2 Å². The molecule has 0 saturated heterocycles. The van der Waals surface area contributed by atoms with Crippen molar-refractivity contribution in [1.82, 2.24) is 9.97 Å². The van der Waals surface area contributed by atoms with E-state index >= 15 is 0 Å².